The van der Waals surface area contributed by atoms with Gasteiger partial charge < -0.3 is 0 Å². The maximum absolute atomic E-state index is 12.8. The van der Waals surface area contributed by atoms with E-state index in [0.717, 1.165) is 6.07 Å². The van der Waals surface area contributed by atoms with Gasteiger partial charge in [0, 0.05) is 4.47 Å². The van der Waals surface area contributed by atoms with Crippen LogP contribution in [0.25, 0.3) is 0 Å². The SMILES string of the molecule is N#Cc1ccc(F)c(C=O)c1Br. The fraction of sp³-hybridized carbons (Fsp3) is 0. The zero-order valence-corrected chi connectivity index (χ0v) is 7.43. The molecule has 1 aromatic rings. The van der Waals surface area contributed by atoms with Crippen LogP contribution in [0.2, 0.25) is 0 Å². The molecule has 0 saturated heterocycles. The summed E-state index contributed by atoms with van der Waals surface area (Å²) in [7, 11) is 0. The van der Waals surface area contributed by atoms with Crippen LogP contribution in [0.1, 0.15) is 15.9 Å². The van der Waals surface area contributed by atoms with Crippen LogP contribution in [0.5, 0.6) is 0 Å². The third-order valence-electron chi connectivity index (χ3n) is 1.36. The van der Waals surface area contributed by atoms with Gasteiger partial charge in [-0.3, -0.25) is 4.79 Å². The molecule has 0 heterocycles. The first kappa shape index (κ1) is 8.88. The Hall–Kier alpha value is -1.21. The van der Waals surface area contributed by atoms with Gasteiger partial charge in [0.15, 0.2) is 6.29 Å². The molecule has 1 aromatic carbocycles. The van der Waals surface area contributed by atoms with Crippen molar-refractivity contribution in [3.8, 4) is 6.07 Å². The highest BCUT2D eigenvalue weighted by Gasteiger charge is 2.09. The Balaban J connectivity index is 3.46. The molecular weight excluding hydrogens is 225 g/mol. The van der Waals surface area contributed by atoms with E-state index in [4.69, 9.17) is 5.26 Å². The molecule has 0 amide bonds. The van der Waals surface area contributed by atoms with Gasteiger partial charge in [-0.1, -0.05) is 0 Å². The minimum Gasteiger partial charge on any atom is -0.298 e. The van der Waals surface area contributed by atoms with E-state index >= 15 is 0 Å². The highest BCUT2D eigenvalue weighted by molar-refractivity contribution is 9.10. The number of nitriles is 1. The zero-order valence-electron chi connectivity index (χ0n) is 5.84. The van der Waals surface area contributed by atoms with Gasteiger partial charge in [-0.15, -0.1) is 0 Å². The Morgan fingerprint density at radius 3 is 2.75 bits per heavy atom. The maximum Gasteiger partial charge on any atom is 0.154 e. The van der Waals surface area contributed by atoms with Crippen molar-refractivity contribution in [3.05, 3.63) is 33.5 Å². The minimum absolute atomic E-state index is 0.117. The Bertz CT molecular complexity index is 370. The van der Waals surface area contributed by atoms with Gasteiger partial charge in [0.25, 0.3) is 0 Å². The number of halogens is 2. The highest BCUT2D eigenvalue weighted by atomic mass is 79.9. The second kappa shape index (κ2) is 3.46. The summed E-state index contributed by atoms with van der Waals surface area (Å²) in [6.45, 7) is 0. The van der Waals surface area contributed by atoms with Crippen molar-refractivity contribution in [2.75, 3.05) is 0 Å². The van der Waals surface area contributed by atoms with Crippen LogP contribution in [-0.4, -0.2) is 6.29 Å². The summed E-state index contributed by atoms with van der Waals surface area (Å²) < 4.78 is 13.0. The van der Waals surface area contributed by atoms with Crippen LogP contribution >= 0.6 is 15.9 Å². The van der Waals surface area contributed by atoms with Gasteiger partial charge in [-0.2, -0.15) is 5.26 Å². The van der Waals surface area contributed by atoms with Crippen LogP contribution in [-0.2, 0) is 0 Å². The van der Waals surface area contributed by atoms with E-state index in [2.05, 4.69) is 15.9 Å². The summed E-state index contributed by atoms with van der Waals surface area (Å²) in [6.07, 6.45) is 0.375. The first-order valence-corrected chi connectivity index (χ1v) is 3.83. The van der Waals surface area contributed by atoms with E-state index < -0.39 is 5.82 Å². The molecule has 0 bridgehead atoms. The van der Waals surface area contributed by atoms with Crippen LogP contribution in [0, 0.1) is 17.1 Å². The first-order chi connectivity index (χ1) is 5.70. The Morgan fingerprint density at radius 2 is 2.25 bits per heavy atom. The molecule has 0 radical (unpaired) electrons. The van der Waals surface area contributed by atoms with Crippen molar-refractivity contribution in [1.82, 2.24) is 0 Å². The summed E-state index contributed by atoms with van der Waals surface area (Å²) in [5.74, 6) is -0.629. The van der Waals surface area contributed by atoms with Crippen molar-refractivity contribution >= 4 is 22.2 Å². The second-order valence-corrected chi connectivity index (χ2v) is 2.85. The fourth-order valence-corrected chi connectivity index (χ4v) is 1.27. The number of rotatable bonds is 1. The molecule has 0 atom stereocenters. The lowest BCUT2D eigenvalue weighted by atomic mass is 10.1. The molecule has 0 aromatic heterocycles. The van der Waals surface area contributed by atoms with E-state index in [1.54, 1.807) is 0 Å². The quantitative estimate of drug-likeness (QED) is 0.691. The molecule has 0 aliphatic heterocycles. The largest absolute Gasteiger partial charge is 0.298 e. The lowest BCUT2D eigenvalue weighted by Crippen LogP contribution is -1.91. The van der Waals surface area contributed by atoms with E-state index in [1.807, 2.05) is 6.07 Å². The van der Waals surface area contributed by atoms with E-state index in [9.17, 15) is 9.18 Å². The Labute approximate surface area is 76.7 Å². The summed E-state index contributed by atoms with van der Waals surface area (Å²) in [5.41, 5.74) is 0.132. The van der Waals surface area contributed by atoms with Gasteiger partial charge in [0.2, 0.25) is 0 Å². The summed E-state index contributed by atoms with van der Waals surface area (Å²) >= 11 is 2.96. The molecule has 0 N–H and O–H groups in total. The fourth-order valence-electron chi connectivity index (χ4n) is 0.764. The molecule has 0 spiro atoms. The average molecular weight is 228 g/mol. The lowest BCUT2D eigenvalue weighted by molar-refractivity contribution is 0.111. The zero-order chi connectivity index (χ0) is 9.14. The lowest BCUT2D eigenvalue weighted by Gasteiger charge is -1.98. The summed E-state index contributed by atoms with van der Waals surface area (Å²) in [4.78, 5) is 10.3. The van der Waals surface area contributed by atoms with E-state index in [1.165, 1.54) is 6.07 Å². The van der Waals surface area contributed by atoms with Gasteiger partial charge in [0.05, 0.1) is 11.1 Å². The predicted molar refractivity (Wildman–Crippen MR) is 44.2 cm³/mol. The van der Waals surface area contributed by atoms with Crippen molar-refractivity contribution < 1.29 is 9.18 Å². The third-order valence-corrected chi connectivity index (χ3v) is 2.22. The van der Waals surface area contributed by atoms with Crippen molar-refractivity contribution in [2.24, 2.45) is 0 Å². The Kier molecular flexibility index (Phi) is 2.56. The third kappa shape index (κ3) is 1.36. The molecule has 12 heavy (non-hydrogen) atoms. The molecule has 0 aliphatic rings. The monoisotopic (exact) mass is 227 g/mol. The minimum atomic E-state index is -0.629. The van der Waals surface area contributed by atoms with Crippen LogP contribution in [0.15, 0.2) is 16.6 Å². The number of aldehydes is 1. The van der Waals surface area contributed by atoms with Crippen LogP contribution < -0.4 is 0 Å². The summed E-state index contributed by atoms with van der Waals surface area (Å²) in [5, 5.41) is 8.51. The standard InChI is InChI=1S/C8H3BrFNO/c9-8-5(3-11)1-2-7(10)6(8)4-12/h1-2,4H. The number of carbonyl (C=O) groups is 1. The molecule has 0 saturated carbocycles. The molecule has 2 nitrogen and oxygen atoms in total. The smallest absolute Gasteiger partial charge is 0.154 e. The second-order valence-electron chi connectivity index (χ2n) is 2.05. The molecule has 0 fully saturated rings. The molecule has 4 heteroatoms. The predicted octanol–water partition coefficient (Wildman–Crippen LogP) is 2.27. The van der Waals surface area contributed by atoms with E-state index in [0.29, 0.717) is 6.29 Å². The number of carbonyl (C=O) groups excluding carboxylic acids is 1. The normalized spacial score (nSPS) is 9.08. The molecule has 0 unspecified atom stereocenters. The van der Waals surface area contributed by atoms with Gasteiger partial charge in [-0.05, 0) is 28.1 Å². The number of hydrogen-bond donors (Lipinski definition) is 0. The first-order valence-electron chi connectivity index (χ1n) is 3.04. The van der Waals surface area contributed by atoms with E-state index in [-0.39, 0.29) is 15.6 Å². The van der Waals surface area contributed by atoms with Crippen molar-refractivity contribution in [3.63, 3.8) is 0 Å². The molecule has 60 valence electrons. The van der Waals surface area contributed by atoms with Gasteiger partial charge >= 0.3 is 0 Å². The average Bonchev–Trinajstić information content (AvgIpc) is 2.06. The molecule has 0 aliphatic carbocycles. The van der Waals surface area contributed by atoms with Gasteiger partial charge in [0.1, 0.15) is 11.9 Å². The highest BCUT2D eigenvalue weighted by Crippen LogP contribution is 2.22. The number of nitrogens with zero attached hydrogens (tertiary/aromatic N) is 1. The van der Waals surface area contributed by atoms with Crippen LogP contribution in [0.3, 0.4) is 0 Å². The van der Waals surface area contributed by atoms with Gasteiger partial charge in [-0.25, -0.2) is 4.39 Å². The Morgan fingerprint density at radius 1 is 1.58 bits per heavy atom. The summed E-state index contributed by atoms with van der Waals surface area (Å²) in [6, 6.07) is 4.23. The topological polar surface area (TPSA) is 40.9 Å². The van der Waals surface area contributed by atoms with Crippen molar-refractivity contribution in [1.29, 1.82) is 5.26 Å². The van der Waals surface area contributed by atoms with Crippen LogP contribution in [0.4, 0.5) is 4.39 Å². The number of benzene rings is 1. The van der Waals surface area contributed by atoms with Crippen molar-refractivity contribution in [2.45, 2.75) is 0 Å². The molecule has 1 rings (SSSR count). The number of hydrogen-bond acceptors (Lipinski definition) is 2. The maximum atomic E-state index is 12.8. The molecular formula is C8H3BrFNO.